The molecule has 0 saturated carbocycles. The highest BCUT2D eigenvalue weighted by molar-refractivity contribution is 5.69. The van der Waals surface area contributed by atoms with E-state index in [-0.39, 0.29) is 5.97 Å². The summed E-state index contributed by atoms with van der Waals surface area (Å²) in [5.74, 6) is -0.152. The molecule has 0 bridgehead atoms. The van der Waals surface area contributed by atoms with Gasteiger partial charge in [-0.3, -0.25) is 4.79 Å². The van der Waals surface area contributed by atoms with E-state index in [2.05, 4.69) is 4.74 Å². The van der Waals surface area contributed by atoms with Crippen LogP contribution in [0, 0.1) is 6.92 Å². The fourth-order valence-electron chi connectivity index (χ4n) is 1.10. The second-order valence-electron chi connectivity index (χ2n) is 3.06. The Morgan fingerprint density at radius 1 is 1.20 bits per heavy atom. The van der Waals surface area contributed by atoms with Crippen LogP contribution in [0.1, 0.15) is 31.4 Å². The van der Waals surface area contributed by atoms with Crippen LogP contribution in [0.15, 0.2) is 24.3 Å². The van der Waals surface area contributed by atoms with Gasteiger partial charge < -0.3 is 4.74 Å². The van der Waals surface area contributed by atoms with E-state index in [0.717, 1.165) is 6.42 Å². The first-order chi connectivity index (χ1) is 7.22. The van der Waals surface area contributed by atoms with Crippen LogP contribution in [0.5, 0.6) is 0 Å². The van der Waals surface area contributed by atoms with Crippen LogP contribution in [0.2, 0.25) is 0 Å². The molecule has 0 amide bonds. The second kappa shape index (κ2) is 8.04. The molecule has 0 atom stereocenters. The summed E-state index contributed by atoms with van der Waals surface area (Å²) in [6.07, 6.45) is 1.21. The first-order valence-corrected chi connectivity index (χ1v) is 5.34. The summed E-state index contributed by atoms with van der Waals surface area (Å²) in [6, 6.07) is 8.18. The summed E-state index contributed by atoms with van der Waals surface area (Å²) in [7, 11) is 1.41. The van der Waals surface area contributed by atoms with Crippen LogP contribution in [-0.4, -0.2) is 13.1 Å². The average molecular weight is 208 g/mol. The van der Waals surface area contributed by atoms with E-state index in [0.29, 0.717) is 6.42 Å². The number of esters is 1. The van der Waals surface area contributed by atoms with Gasteiger partial charge in [0.1, 0.15) is 0 Å². The van der Waals surface area contributed by atoms with E-state index in [1.165, 1.54) is 18.2 Å². The fourth-order valence-corrected chi connectivity index (χ4v) is 1.10. The Hall–Kier alpha value is -1.31. The Labute approximate surface area is 92.3 Å². The molecule has 1 aromatic carbocycles. The standard InChI is InChI=1S/C11H14O2.C2H6/c1-9-3-5-10(6-4-9)7-8-11(12)13-2;1-2/h3-6H,7-8H2,1-2H3;1-2H3. The lowest BCUT2D eigenvalue weighted by Crippen LogP contribution is -2.01. The molecule has 15 heavy (non-hydrogen) atoms. The van der Waals surface area contributed by atoms with Crippen LogP contribution in [0.3, 0.4) is 0 Å². The number of ether oxygens (including phenoxy) is 1. The third-order valence-electron chi connectivity index (χ3n) is 1.97. The maximum absolute atomic E-state index is 10.8. The van der Waals surface area contributed by atoms with Crippen molar-refractivity contribution in [2.45, 2.75) is 33.6 Å². The summed E-state index contributed by atoms with van der Waals surface area (Å²) in [4.78, 5) is 10.8. The minimum absolute atomic E-state index is 0.152. The minimum Gasteiger partial charge on any atom is -0.469 e. The van der Waals surface area contributed by atoms with Crippen molar-refractivity contribution in [1.82, 2.24) is 0 Å². The van der Waals surface area contributed by atoms with Gasteiger partial charge in [-0.25, -0.2) is 0 Å². The summed E-state index contributed by atoms with van der Waals surface area (Å²) in [5.41, 5.74) is 2.41. The summed E-state index contributed by atoms with van der Waals surface area (Å²) < 4.78 is 4.56. The van der Waals surface area contributed by atoms with Crippen LogP contribution >= 0.6 is 0 Å². The Morgan fingerprint density at radius 2 is 1.73 bits per heavy atom. The Balaban J connectivity index is 0.000000921. The van der Waals surface area contributed by atoms with Gasteiger partial charge in [-0.15, -0.1) is 0 Å². The SMILES string of the molecule is CC.COC(=O)CCc1ccc(C)cc1. The number of aryl methyl sites for hydroxylation is 2. The topological polar surface area (TPSA) is 26.3 Å². The van der Waals surface area contributed by atoms with Gasteiger partial charge in [0.05, 0.1) is 7.11 Å². The largest absolute Gasteiger partial charge is 0.469 e. The Kier molecular flexibility index (Phi) is 7.33. The monoisotopic (exact) mass is 208 g/mol. The molecule has 0 saturated heterocycles. The highest BCUT2D eigenvalue weighted by atomic mass is 16.5. The van der Waals surface area contributed by atoms with E-state index >= 15 is 0 Å². The molecule has 0 unspecified atom stereocenters. The van der Waals surface area contributed by atoms with Crippen molar-refractivity contribution in [3.8, 4) is 0 Å². The van der Waals surface area contributed by atoms with Gasteiger partial charge in [0.25, 0.3) is 0 Å². The third kappa shape index (κ3) is 5.89. The molecule has 0 heterocycles. The van der Waals surface area contributed by atoms with Crippen molar-refractivity contribution in [2.24, 2.45) is 0 Å². The van der Waals surface area contributed by atoms with E-state index in [9.17, 15) is 4.79 Å². The van der Waals surface area contributed by atoms with Crippen LogP contribution in [0.4, 0.5) is 0 Å². The minimum atomic E-state index is -0.152. The molecule has 84 valence electrons. The molecule has 2 nitrogen and oxygen atoms in total. The van der Waals surface area contributed by atoms with Crippen molar-refractivity contribution in [2.75, 3.05) is 7.11 Å². The van der Waals surface area contributed by atoms with Crippen molar-refractivity contribution in [3.05, 3.63) is 35.4 Å². The van der Waals surface area contributed by atoms with Gasteiger partial charge in [0.15, 0.2) is 0 Å². The van der Waals surface area contributed by atoms with Crippen molar-refractivity contribution in [3.63, 3.8) is 0 Å². The molecule has 0 aliphatic heterocycles. The van der Waals surface area contributed by atoms with Crippen LogP contribution < -0.4 is 0 Å². The quantitative estimate of drug-likeness (QED) is 0.713. The van der Waals surface area contributed by atoms with Gasteiger partial charge >= 0.3 is 5.97 Å². The number of methoxy groups -OCH3 is 1. The van der Waals surface area contributed by atoms with Gasteiger partial charge in [-0.2, -0.15) is 0 Å². The van der Waals surface area contributed by atoms with Gasteiger partial charge in [0.2, 0.25) is 0 Å². The number of hydrogen-bond acceptors (Lipinski definition) is 2. The summed E-state index contributed by atoms with van der Waals surface area (Å²) >= 11 is 0. The lowest BCUT2D eigenvalue weighted by Gasteiger charge is -2.00. The van der Waals surface area contributed by atoms with Crippen LogP contribution in [-0.2, 0) is 16.0 Å². The number of carbonyl (C=O) groups is 1. The van der Waals surface area contributed by atoms with Gasteiger partial charge in [-0.05, 0) is 18.9 Å². The highest BCUT2D eigenvalue weighted by Crippen LogP contribution is 2.05. The molecule has 0 fully saturated rings. The number of rotatable bonds is 3. The predicted molar refractivity (Wildman–Crippen MR) is 62.9 cm³/mol. The summed E-state index contributed by atoms with van der Waals surface area (Å²) in [5, 5.41) is 0. The summed E-state index contributed by atoms with van der Waals surface area (Å²) in [6.45, 7) is 6.05. The molecule has 2 heteroatoms. The molecular formula is C13H20O2. The van der Waals surface area contributed by atoms with Gasteiger partial charge in [-0.1, -0.05) is 43.7 Å². The predicted octanol–water partition coefficient (Wildman–Crippen LogP) is 3.13. The molecule has 1 aromatic rings. The zero-order chi connectivity index (χ0) is 11.7. The Bertz CT molecular complexity index is 275. The molecule has 0 spiro atoms. The fraction of sp³-hybridized carbons (Fsp3) is 0.462. The maximum Gasteiger partial charge on any atom is 0.305 e. The maximum atomic E-state index is 10.8. The molecule has 0 aromatic heterocycles. The van der Waals surface area contributed by atoms with E-state index in [1.807, 2.05) is 45.0 Å². The lowest BCUT2D eigenvalue weighted by molar-refractivity contribution is -0.140. The Morgan fingerprint density at radius 3 is 2.20 bits per heavy atom. The number of hydrogen-bond donors (Lipinski definition) is 0. The van der Waals surface area contributed by atoms with Crippen molar-refractivity contribution >= 4 is 5.97 Å². The zero-order valence-electron chi connectivity index (χ0n) is 10.0. The first-order valence-electron chi connectivity index (χ1n) is 5.34. The normalized spacial score (nSPS) is 8.80. The number of benzene rings is 1. The molecule has 0 aliphatic carbocycles. The average Bonchev–Trinajstić information content (AvgIpc) is 2.30. The van der Waals surface area contributed by atoms with Crippen molar-refractivity contribution < 1.29 is 9.53 Å². The lowest BCUT2D eigenvalue weighted by atomic mass is 10.1. The van der Waals surface area contributed by atoms with E-state index in [1.54, 1.807) is 0 Å². The molecule has 0 radical (unpaired) electrons. The first kappa shape index (κ1) is 13.7. The number of carbonyl (C=O) groups excluding carboxylic acids is 1. The van der Waals surface area contributed by atoms with E-state index < -0.39 is 0 Å². The second-order valence-corrected chi connectivity index (χ2v) is 3.06. The van der Waals surface area contributed by atoms with E-state index in [4.69, 9.17) is 0 Å². The van der Waals surface area contributed by atoms with Crippen LogP contribution in [0.25, 0.3) is 0 Å². The molecule has 0 N–H and O–H groups in total. The highest BCUT2D eigenvalue weighted by Gasteiger charge is 2.00. The van der Waals surface area contributed by atoms with Gasteiger partial charge in [0, 0.05) is 6.42 Å². The molecular weight excluding hydrogens is 188 g/mol. The van der Waals surface area contributed by atoms with Crippen molar-refractivity contribution in [1.29, 1.82) is 0 Å². The third-order valence-corrected chi connectivity index (χ3v) is 1.97. The zero-order valence-corrected chi connectivity index (χ0v) is 10.0. The molecule has 1 rings (SSSR count). The molecule has 0 aliphatic rings. The smallest absolute Gasteiger partial charge is 0.305 e.